The van der Waals surface area contributed by atoms with E-state index in [0.29, 0.717) is 24.8 Å². The zero-order valence-corrected chi connectivity index (χ0v) is 11.1. The van der Waals surface area contributed by atoms with E-state index in [1.54, 1.807) is 13.8 Å². The maximum atomic E-state index is 13.4. The Morgan fingerprint density at radius 2 is 2.05 bits per heavy atom. The maximum absolute atomic E-state index is 13.4. The molecule has 0 saturated carbocycles. The lowest BCUT2D eigenvalue weighted by Gasteiger charge is -2.13. The van der Waals surface area contributed by atoms with E-state index in [-0.39, 0.29) is 12.6 Å². The van der Waals surface area contributed by atoms with E-state index in [9.17, 15) is 22.4 Å². The molecule has 1 unspecified atom stereocenters. The van der Waals surface area contributed by atoms with E-state index in [1.807, 2.05) is 0 Å². The molecule has 0 saturated heterocycles. The smallest absolute Gasteiger partial charge is 0.377 e. The maximum Gasteiger partial charge on any atom is 0.416 e. The fourth-order valence-electron chi connectivity index (χ4n) is 1.55. The van der Waals surface area contributed by atoms with Gasteiger partial charge in [-0.2, -0.15) is 13.2 Å². The monoisotopic (exact) mass is 293 g/mol. The second-order valence-corrected chi connectivity index (χ2v) is 4.17. The van der Waals surface area contributed by atoms with Crippen molar-refractivity contribution >= 4 is 5.91 Å². The predicted molar refractivity (Wildman–Crippen MR) is 64.8 cm³/mol. The van der Waals surface area contributed by atoms with Gasteiger partial charge in [0, 0.05) is 13.2 Å². The Balaban J connectivity index is 2.82. The minimum absolute atomic E-state index is 0.0857. The molecule has 1 rings (SSSR count). The van der Waals surface area contributed by atoms with Gasteiger partial charge in [0.2, 0.25) is 0 Å². The molecule has 0 heterocycles. The molecule has 0 fully saturated rings. The predicted octanol–water partition coefficient (Wildman–Crippen LogP) is 3.00. The van der Waals surface area contributed by atoms with Gasteiger partial charge in [0.05, 0.1) is 17.2 Å². The van der Waals surface area contributed by atoms with Crippen molar-refractivity contribution in [2.75, 3.05) is 13.2 Å². The lowest BCUT2D eigenvalue weighted by molar-refractivity contribution is -0.137. The van der Waals surface area contributed by atoms with Crippen molar-refractivity contribution in [3.05, 3.63) is 35.1 Å². The fourth-order valence-corrected chi connectivity index (χ4v) is 1.55. The minimum Gasteiger partial charge on any atom is -0.377 e. The van der Waals surface area contributed by atoms with Crippen LogP contribution in [0.15, 0.2) is 18.2 Å². The number of rotatable bonds is 5. The average molecular weight is 293 g/mol. The van der Waals surface area contributed by atoms with Gasteiger partial charge in [-0.3, -0.25) is 4.79 Å². The van der Waals surface area contributed by atoms with Gasteiger partial charge in [-0.1, -0.05) is 0 Å². The Hall–Kier alpha value is -1.63. The number of halogens is 4. The quantitative estimate of drug-likeness (QED) is 0.848. The molecule has 0 bridgehead atoms. The summed E-state index contributed by atoms with van der Waals surface area (Å²) in [4.78, 5) is 11.7. The molecule has 1 aromatic rings. The van der Waals surface area contributed by atoms with Gasteiger partial charge in [-0.05, 0) is 32.0 Å². The third-order valence-corrected chi connectivity index (χ3v) is 2.54. The molecule has 3 nitrogen and oxygen atoms in total. The SMILES string of the molecule is CCOC(C)CNC(=O)c1cc(C(F)(F)F)ccc1F. The van der Waals surface area contributed by atoms with Crippen molar-refractivity contribution in [2.24, 2.45) is 0 Å². The van der Waals surface area contributed by atoms with Crippen molar-refractivity contribution in [1.82, 2.24) is 5.32 Å². The third kappa shape index (κ3) is 4.48. The van der Waals surface area contributed by atoms with Gasteiger partial charge in [0.1, 0.15) is 5.82 Å². The highest BCUT2D eigenvalue weighted by Gasteiger charge is 2.31. The Labute approximate surface area is 113 Å². The van der Waals surface area contributed by atoms with Crippen LogP contribution >= 0.6 is 0 Å². The Morgan fingerprint density at radius 3 is 2.60 bits per heavy atom. The third-order valence-electron chi connectivity index (χ3n) is 2.54. The van der Waals surface area contributed by atoms with Crippen molar-refractivity contribution < 1.29 is 27.1 Å². The molecule has 20 heavy (non-hydrogen) atoms. The summed E-state index contributed by atoms with van der Waals surface area (Å²) in [5, 5.41) is 2.33. The summed E-state index contributed by atoms with van der Waals surface area (Å²) >= 11 is 0. The summed E-state index contributed by atoms with van der Waals surface area (Å²) in [6.45, 7) is 3.98. The topological polar surface area (TPSA) is 38.3 Å². The molecular formula is C13H15F4NO2. The number of nitrogens with one attached hydrogen (secondary N) is 1. The van der Waals surface area contributed by atoms with E-state index in [0.717, 1.165) is 0 Å². The van der Waals surface area contributed by atoms with Crippen LogP contribution in [0.3, 0.4) is 0 Å². The molecule has 1 atom stereocenters. The van der Waals surface area contributed by atoms with Crippen LogP contribution in [-0.4, -0.2) is 25.2 Å². The van der Waals surface area contributed by atoms with E-state index < -0.39 is 29.0 Å². The number of benzene rings is 1. The number of hydrogen-bond acceptors (Lipinski definition) is 2. The highest BCUT2D eigenvalue weighted by molar-refractivity contribution is 5.94. The van der Waals surface area contributed by atoms with Gasteiger partial charge in [-0.25, -0.2) is 4.39 Å². The van der Waals surface area contributed by atoms with Crippen LogP contribution in [-0.2, 0) is 10.9 Å². The zero-order valence-electron chi connectivity index (χ0n) is 11.1. The molecule has 7 heteroatoms. The second-order valence-electron chi connectivity index (χ2n) is 4.17. The Kier molecular flexibility index (Phi) is 5.50. The lowest BCUT2D eigenvalue weighted by atomic mass is 10.1. The van der Waals surface area contributed by atoms with E-state index in [4.69, 9.17) is 4.74 Å². The van der Waals surface area contributed by atoms with Crippen LogP contribution in [0.4, 0.5) is 17.6 Å². The van der Waals surface area contributed by atoms with E-state index in [2.05, 4.69) is 5.32 Å². The molecule has 0 aromatic heterocycles. The van der Waals surface area contributed by atoms with Crippen LogP contribution < -0.4 is 5.32 Å². The van der Waals surface area contributed by atoms with Crippen molar-refractivity contribution in [2.45, 2.75) is 26.1 Å². The highest BCUT2D eigenvalue weighted by Crippen LogP contribution is 2.30. The standard InChI is InChI=1S/C13H15F4NO2/c1-3-20-8(2)7-18-12(19)10-6-9(13(15,16)17)4-5-11(10)14/h4-6,8H,3,7H2,1-2H3,(H,18,19). The van der Waals surface area contributed by atoms with E-state index in [1.165, 1.54) is 0 Å². The molecule has 1 amide bonds. The fraction of sp³-hybridized carbons (Fsp3) is 0.462. The summed E-state index contributed by atoms with van der Waals surface area (Å²) < 4.78 is 56.1. The molecule has 1 aromatic carbocycles. The first kappa shape index (κ1) is 16.4. The van der Waals surface area contributed by atoms with Gasteiger partial charge >= 0.3 is 6.18 Å². The van der Waals surface area contributed by atoms with Crippen LogP contribution in [0.2, 0.25) is 0 Å². The lowest BCUT2D eigenvalue weighted by Crippen LogP contribution is -2.32. The van der Waals surface area contributed by atoms with Crippen molar-refractivity contribution in [3.63, 3.8) is 0 Å². The molecule has 0 aliphatic carbocycles. The Bertz CT molecular complexity index is 474. The molecule has 112 valence electrons. The number of carbonyl (C=O) groups is 1. The van der Waals surface area contributed by atoms with Crippen LogP contribution in [0.25, 0.3) is 0 Å². The molecule has 0 spiro atoms. The van der Waals surface area contributed by atoms with Gasteiger partial charge < -0.3 is 10.1 Å². The first-order chi connectivity index (χ1) is 9.25. The van der Waals surface area contributed by atoms with Gasteiger partial charge in [-0.15, -0.1) is 0 Å². The number of ether oxygens (including phenoxy) is 1. The van der Waals surface area contributed by atoms with Crippen molar-refractivity contribution in [1.29, 1.82) is 0 Å². The minimum atomic E-state index is -4.62. The zero-order chi connectivity index (χ0) is 15.3. The highest BCUT2D eigenvalue weighted by atomic mass is 19.4. The van der Waals surface area contributed by atoms with E-state index >= 15 is 0 Å². The molecule has 0 aliphatic heterocycles. The van der Waals surface area contributed by atoms with Gasteiger partial charge in [0.25, 0.3) is 5.91 Å². The molecule has 0 radical (unpaired) electrons. The summed E-state index contributed by atoms with van der Waals surface area (Å²) in [5.41, 5.74) is -1.70. The average Bonchev–Trinajstić information content (AvgIpc) is 2.35. The summed E-state index contributed by atoms with van der Waals surface area (Å²) in [7, 11) is 0. The number of amides is 1. The molecule has 1 N–H and O–H groups in total. The summed E-state index contributed by atoms with van der Waals surface area (Å²) in [5.74, 6) is -1.90. The first-order valence-corrected chi connectivity index (χ1v) is 6.02. The number of alkyl halides is 3. The summed E-state index contributed by atoms with van der Waals surface area (Å²) in [6.07, 6.45) is -4.93. The first-order valence-electron chi connectivity index (χ1n) is 6.02. The summed E-state index contributed by atoms with van der Waals surface area (Å²) in [6, 6.07) is 1.72. The van der Waals surface area contributed by atoms with Crippen LogP contribution in [0.1, 0.15) is 29.8 Å². The number of hydrogen-bond donors (Lipinski definition) is 1. The molecule has 0 aliphatic rings. The molecular weight excluding hydrogens is 278 g/mol. The largest absolute Gasteiger partial charge is 0.416 e. The normalized spacial score (nSPS) is 13.1. The van der Waals surface area contributed by atoms with Crippen molar-refractivity contribution in [3.8, 4) is 0 Å². The van der Waals surface area contributed by atoms with Gasteiger partial charge in [0.15, 0.2) is 0 Å². The second kappa shape index (κ2) is 6.69. The number of carbonyl (C=O) groups excluding carboxylic acids is 1. The Morgan fingerprint density at radius 1 is 1.40 bits per heavy atom. The van der Waals surface area contributed by atoms with Crippen LogP contribution in [0.5, 0.6) is 0 Å². The van der Waals surface area contributed by atoms with Crippen LogP contribution in [0, 0.1) is 5.82 Å².